The van der Waals surface area contributed by atoms with Crippen LogP contribution < -0.4 is 0 Å². The molecule has 0 radical (unpaired) electrons. The van der Waals surface area contributed by atoms with Gasteiger partial charge in [0.05, 0.1) is 6.61 Å². The number of aryl methyl sites for hydroxylation is 1. The number of aliphatic hydroxyl groups is 1. The van der Waals surface area contributed by atoms with E-state index in [2.05, 4.69) is 16.8 Å². The van der Waals surface area contributed by atoms with Crippen LogP contribution in [0.15, 0.2) is 12.3 Å². The third-order valence-electron chi connectivity index (χ3n) is 3.97. The van der Waals surface area contributed by atoms with Crippen molar-refractivity contribution in [2.45, 2.75) is 19.5 Å². The van der Waals surface area contributed by atoms with Crippen LogP contribution in [0.4, 0.5) is 0 Å². The normalized spacial score (nSPS) is 21.8. The lowest BCUT2D eigenvalue weighted by Crippen LogP contribution is -2.52. The van der Waals surface area contributed by atoms with Gasteiger partial charge in [0, 0.05) is 56.7 Å². The van der Waals surface area contributed by atoms with Gasteiger partial charge in [-0.15, -0.1) is 0 Å². The highest BCUT2D eigenvalue weighted by Crippen LogP contribution is 2.14. The first-order chi connectivity index (χ1) is 9.01. The molecule has 5 nitrogen and oxygen atoms in total. The van der Waals surface area contributed by atoms with Crippen LogP contribution in [-0.4, -0.2) is 64.6 Å². The fourth-order valence-electron chi connectivity index (χ4n) is 2.54. The van der Waals surface area contributed by atoms with Crippen LogP contribution in [0.3, 0.4) is 0 Å². The van der Waals surface area contributed by atoms with E-state index in [9.17, 15) is 9.90 Å². The number of likely N-dealkylation sites (N-methyl/N-ethyl adjacent to an activating group) is 1. The Morgan fingerprint density at radius 1 is 1.42 bits per heavy atom. The fraction of sp³-hybridized carbons (Fsp3) is 0.643. The molecule has 1 fully saturated rings. The zero-order valence-electron chi connectivity index (χ0n) is 12.0. The first-order valence-corrected chi connectivity index (χ1v) is 6.71. The van der Waals surface area contributed by atoms with Gasteiger partial charge in [-0.2, -0.15) is 0 Å². The lowest BCUT2D eigenvalue weighted by Gasteiger charge is -2.38. The number of aromatic nitrogens is 1. The van der Waals surface area contributed by atoms with E-state index in [1.165, 1.54) is 0 Å². The molecular weight excluding hydrogens is 242 g/mol. The Morgan fingerprint density at radius 3 is 2.74 bits per heavy atom. The van der Waals surface area contributed by atoms with Gasteiger partial charge in [0.2, 0.25) is 0 Å². The summed E-state index contributed by atoms with van der Waals surface area (Å²) < 4.78 is 2.02. The summed E-state index contributed by atoms with van der Waals surface area (Å²) in [5.74, 6) is 0.105. The molecule has 19 heavy (non-hydrogen) atoms. The molecule has 1 saturated heterocycles. The lowest BCUT2D eigenvalue weighted by molar-refractivity contribution is 0.0530. The summed E-state index contributed by atoms with van der Waals surface area (Å²) in [5, 5.41) is 9.36. The minimum atomic E-state index is 0.105. The molecule has 0 aliphatic carbocycles. The van der Waals surface area contributed by atoms with Crippen LogP contribution in [-0.2, 0) is 13.6 Å². The van der Waals surface area contributed by atoms with Crippen LogP contribution in [0.1, 0.15) is 23.0 Å². The van der Waals surface area contributed by atoms with Gasteiger partial charge in [-0.25, -0.2) is 0 Å². The Kier molecular flexibility index (Phi) is 4.39. The van der Waals surface area contributed by atoms with Crippen molar-refractivity contribution in [1.82, 2.24) is 14.4 Å². The predicted molar refractivity (Wildman–Crippen MR) is 74.2 cm³/mol. The highest BCUT2D eigenvalue weighted by molar-refractivity contribution is 5.94. The monoisotopic (exact) mass is 265 g/mol. The Morgan fingerprint density at radius 2 is 2.16 bits per heavy atom. The molecule has 106 valence electrons. The molecule has 1 unspecified atom stereocenters. The Balaban J connectivity index is 2.03. The Bertz CT molecular complexity index is 456. The second kappa shape index (κ2) is 5.86. The molecule has 0 bridgehead atoms. The topological polar surface area (TPSA) is 48.7 Å². The number of ketones is 1. The van der Waals surface area contributed by atoms with Gasteiger partial charge in [-0.3, -0.25) is 14.6 Å². The van der Waals surface area contributed by atoms with Gasteiger partial charge in [0.15, 0.2) is 5.78 Å². The van der Waals surface area contributed by atoms with Crippen LogP contribution >= 0.6 is 0 Å². The molecule has 0 amide bonds. The molecule has 1 N–H and O–H groups in total. The van der Waals surface area contributed by atoms with Crippen molar-refractivity contribution in [3.8, 4) is 0 Å². The molecule has 0 saturated carbocycles. The van der Waals surface area contributed by atoms with Crippen LogP contribution in [0, 0.1) is 0 Å². The molecule has 0 aromatic carbocycles. The standard InChI is InChI=1S/C14H23N3O2/c1-11(19)12-6-13(16(3)7-12)8-17-5-4-15(2)14(9-17)10-18/h6-7,14,18H,4-5,8-10H2,1-3H3. The van der Waals surface area contributed by atoms with Gasteiger partial charge >= 0.3 is 0 Å². The highest BCUT2D eigenvalue weighted by Gasteiger charge is 2.24. The van der Waals surface area contributed by atoms with Crippen LogP contribution in [0.5, 0.6) is 0 Å². The van der Waals surface area contributed by atoms with Crippen molar-refractivity contribution in [2.75, 3.05) is 33.3 Å². The van der Waals surface area contributed by atoms with Gasteiger partial charge in [0.1, 0.15) is 0 Å². The molecule has 0 spiro atoms. The van der Waals surface area contributed by atoms with E-state index >= 15 is 0 Å². The van der Waals surface area contributed by atoms with Crippen molar-refractivity contribution in [3.05, 3.63) is 23.5 Å². The van der Waals surface area contributed by atoms with Crippen LogP contribution in [0.25, 0.3) is 0 Å². The average molecular weight is 265 g/mol. The van der Waals surface area contributed by atoms with E-state index in [1.807, 2.05) is 23.9 Å². The summed E-state index contributed by atoms with van der Waals surface area (Å²) >= 11 is 0. The lowest BCUT2D eigenvalue weighted by atomic mass is 10.2. The van der Waals surface area contributed by atoms with E-state index in [0.29, 0.717) is 0 Å². The van der Waals surface area contributed by atoms with E-state index < -0.39 is 0 Å². The molecule has 1 aromatic heterocycles. The summed E-state index contributed by atoms with van der Waals surface area (Å²) in [7, 11) is 4.02. The van der Waals surface area contributed by atoms with Gasteiger partial charge in [-0.1, -0.05) is 0 Å². The maximum Gasteiger partial charge on any atom is 0.161 e. The molecule has 1 aliphatic heterocycles. The predicted octanol–water partition coefficient (Wildman–Crippen LogP) is 0.336. The molecule has 2 rings (SSSR count). The molecule has 1 aliphatic rings. The first kappa shape index (κ1) is 14.2. The minimum absolute atomic E-state index is 0.105. The number of carbonyl (C=O) groups is 1. The zero-order chi connectivity index (χ0) is 14.0. The summed E-state index contributed by atoms with van der Waals surface area (Å²) in [6.07, 6.45) is 1.89. The fourth-order valence-corrected chi connectivity index (χ4v) is 2.54. The van der Waals surface area contributed by atoms with Crippen molar-refractivity contribution >= 4 is 5.78 Å². The third kappa shape index (κ3) is 3.23. The smallest absolute Gasteiger partial charge is 0.161 e. The number of carbonyl (C=O) groups excluding carboxylic acids is 1. The van der Waals surface area contributed by atoms with E-state index in [1.54, 1.807) is 6.92 Å². The summed E-state index contributed by atoms with van der Waals surface area (Å²) in [6, 6.07) is 2.18. The number of nitrogens with zero attached hydrogens (tertiary/aromatic N) is 3. The van der Waals surface area contributed by atoms with Crippen LogP contribution in [0.2, 0.25) is 0 Å². The first-order valence-electron chi connectivity index (χ1n) is 6.71. The van der Waals surface area contributed by atoms with E-state index in [0.717, 1.165) is 37.4 Å². The molecular formula is C14H23N3O2. The highest BCUT2D eigenvalue weighted by atomic mass is 16.3. The Labute approximate surface area is 114 Å². The number of aliphatic hydroxyl groups excluding tert-OH is 1. The molecule has 5 heteroatoms. The molecule has 1 aromatic rings. The Hall–Kier alpha value is -1.17. The van der Waals surface area contributed by atoms with E-state index in [-0.39, 0.29) is 18.4 Å². The van der Waals surface area contributed by atoms with Crippen molar-refractivity contribution in [3.63, 3.8) is 0 Å². The van der Waals surface area contributed by atoms with Crippen molar-refractivity contribution in [1.29, 1.82) is 0 Å². The summed E-state index contributed by atoms with van der Waals surface area (Å²) in [6.45, 7) is 5.44. The van der Waals surface area contributed by atoms with E-state index in [4.69, 9.17) is 0 Å². The van der Waals surface area contributed by atoms with Crippen molar-refractivity contribution < 1.29 is 9.90 Å². The van der Waals surface area contributed by atoms with Gasteiger partial charge < -0.3 is 9.67 Å². The minimum Gasteiger partial charge on any atom is -0.395 e. The average Bonchev–Trinajstić information content (AvgIpc) is 2.73. The maximum absolute atomic E-state index is 11.4. The third-order valence-corrected chi connectivity index (χ3v) is 3.97. The molecule has 1 atom stereocenters. The van der Waals surface area contributed by atoms with Crippen molar-refractivity contribution in [2.24, 2.45) is 7.05 Å². The number of hydrogen-bond acceptors (Lipinski definition) is 4. The maximum atomic E-state index is 11.4. The summed E-state index contributed by atoms with van der Waals surface area (Å²) in [5.41, 5.74) is 1.91. The SMILES string of the molecule is CC(=O)c1cc(CN2CCN(C)C(CO)C2)n(C)c1. The largest absolute Gasteiger partial charge is 0.395 e. The number of Topliss-reactive ketones (excluding diaryl/α,β-unsaturated/α-hetero) is 1. The van der Waals surface area contributed by atoms with Gasteiger partial charge in [-0.05, 0) is 20.0 Å². The second-order valence-electron chi connectivity index (χ2n) is 5.44. The summed E-state index contributed by atoms with van der Waals surface area (Å²) in [4.78, 5) is 15.9. The quantitative estimate of drug-likeness (QED) is 0.797. The van der Waals surface area contributed by atoms with Gasteiger partial charge in [0.25, 0.3) is 0 Å². The molecule has 2 heterocycles. The number of rotatable bonds is 4. The number of hydrogen-bond donors (Lipinski definition) is 1. The zero-order valence-corrected chi connectivity index (χ0v) is 12.0. The number of piperazine rings is 1. The second-order valence-corrected chi connectivity index (χ2v) is 5.44.